The normalized spacial score (nSPS) is 28.7. The summed E-state index contributed by atoms with van der Waals surface area (Å²) >= 11 is 2.05. The molecule has 1 atom stereocenters. The van der Waals surface area contributed by atoms with Crippen LogP contribution in [0.15, 0.2) is 0 Å². The molecule has 3 fully saturated rings. The first-order chi connectivity index (χ1) is 10.6. The molecule has 6 heteroatoms. The summed E-state index contributed by atoms with van der Waals surface area (Å²) < 4.78 is 11.9. The molecule has 5 nitrogen and oxygen atoms in total. The molecule has 3 saturated heterocycles. The van der Waals surface area contributed by atoms with Crippen molar-refractivity contribution in [3.8, 4) is 0 Å². The van der Waals surface area contributed by atoms with Crippen molar-refractivity contribution in [1.29, 1.82) is 0 Å². The van der Waals surface area contributed by atoms with E-state index in [4.69, 9.17) is 9.47 Å². The van der Waals surface area contributed by atoms with E-state index in [1.54, 1.807) is 4.90 Å². The lowest BCUT2D eigenvalue weighted by molar-refractivity contribution is -0.131. The minimum atomic E-state index is 0.199. The van der Waals surface area contributed by atoms with Gasteiger partial charge in [-0.05, 0) is 25.2 Å². The van der Waals surface area contributed by atoms with Gasteiger partial charge in [-0.2, -0.15) is 0 Å². The Bertz CT molecular complexity index is 393. The van der Waals surface area contributed by atoms with Crippen LogP contribution in [0.4, 0.5) is 0 Å². The molecule has 0 saturated carbocycles. The van der Waals surface area contributed by atoms with Gasteiger partial charge in [-0.25, -0.2) is 0 Å². The van der Waals surface area contributed by atoms with Crippen LogP contribution in [0.25, 0.3) is 0 Å². The van der Waals surface area contributed by atoms with E-state index >= 15 is 0 Å². The summed E-state index contributed by atoms with van der Waals surface area (Å²) in [6, 6.07) is 0. The van der Waals surface area contributed by atoms with Crippen LogP contribution >= 0.6 is 11.8 Å². The fraction of sp³-hybridized carbons (Fsp3) is 0.938. The van der Waals surface area contributed by atoms with Crippen LogP contribution in [0.1, 0.15) is 19.3 Å². The summed E-state index contributed by atoms with van der Waals surface area (Å²) in [6.45, 7) is 5.32. The smallest absolute Gasteiger partial charge is 0.236 e. The number of amides is 1. The Balaban J connectivity index is 1.35. The molecule has 0 bridgehead atoms. The van der Waals surface area contributed by atoms with E-state index in [9.17, 15) is 4.79 Å². The largest absolute Gasteiger partial charge is 0.381 e. The van der Waals surface area contributed by atoms with Gasteiger partial charge in [0.15, 0.2) is 0 Å². The van der Waals surface area contributed by atoms with Crippen LogP contribution in [0.5, 0.6) is 0 Å². The van der Waals surface area contributed by atoms with Crippen molar-refractivity contribution in [2.45, 2.75) is 30.1 Å². The molecule has 3 rings (SSSR count). The first kappa shape index (κ1) is 16.6. The summed E-state index contributed by atoms with van der Waals surface area (Å²) in [6.07, 6.45) is 3.84. The molecule has 3 heterocycles. The van der Waals surface area contributed by atoms with Crippen molar-refractivity contribution in [1.82, 2.24) is 9.80 Å². The van der Waals surface area contributed by atoms with Crippen LogP contribution in [-0.2, 0) is 14.3 Å². The minimum absolute atomic E-state index is 0.199. The maximum atomic E-state index is 11.7. The molecule has 0 aromatic rings. The van der Waals surface area contributed by atoms with Crippen molar-refractivity contribution in [2.24, 2.45) is 5.92 Å². The third-order valence-corrected chi connectivity index (χ3v) is 6.54. The highest BCUT2D eigenvalue weighted by Gasteiger charge is 2.49. The van der Waals surface area contributed by atoms with E-state index in [2.05, 4.69) is 4.90 Å². The molecule has 0 aromatic carbocycles. The molecule has 0 N–H and O–H groups in total. The second-order valence-electron chi connectivity index (χ2n) is 7.14. The minimum Gasteiger partial charge on any atom is -0.381 e. The fourth-order valence-corrected chi connectivity index (χ4v) is 5.13. The van der Waals surface area contributed by atoms with Crippen molar-refractivity contribution in [2.75, 3.05) is 59.3 Å². The van der Waals surface area contributed by atoms with Gasteiger partial charge in [0.2, 0.25) is 5.91 Å². The SMILES string of the molecule is CN(C)C(=O)CN1CC2(C[C@H](OCC3CCOCC3)CS2)C1. The molecular formula is C16H28N2O3S. The van der Waals surface area contributed by atoms with Crippen LogP contribution < -0.4 is 0 Å². The van der Waals surface area contributed by atoms with Gasteiger partial charge >= 0.3 is 0 Å². The predicted molar refractivity (Wildman–Crippen MR) is 88.2 cm³/mol. The summed E-state index contributed by atoms with van der Waals surface area (Å²) in [5.74, 6) is 2.00. The Labute approximate surface area is 137 Å². The number of hydrogen-bond donors (Lipinski definition) is 0. The zero-order chi connectivity index (χ0) is 15.6. The van der Waals surface area contributed by atoms with Gasteiger partial charge in [0.1, 0.15) is 0 Å². The van der Waals surface area contributed by atoms with Crippen LogP contribution in [-0.4, -0.2) is 85.9 Å². The Hall–Kier alpha value is -0.300. The highest BCUT2D eigenvalue weighted by atomic mass is 32.2. The molecule has 0 radical (unpaired) electrons. The van der Waals surface area contributed by atoms with Crippen molar-refractivity contribution >= 4 is 17.7 Å². The lowest BCUT2D eigenvalue weighted by Gasteiger charge is -2.47. The highest BCUT2D eigenvalue weighted by molar-refractivity contribution is 8.01. The molecule has 1 spiro atoms. The maximum absolute atomic E-state index is 11.7. The van der Waals surface area contributed by atoms with Gasteiger partial charge in [0, 0.05) is 57.5 Å². The zero-order valence-electron chi connectivity index (χ0n) is 13.8. The lowest BCUT2D eigenvalue weighted by atomic mass is 9.93. The number of carbonyl (C=O) groups is 1. The second-order valence-corrected chi connectivity index (χ2v) is 8.63. The fourth-order valence-electron chi connectivity index (χ4n) is 3.53. The molecule has 22 heavy (non-hydrogen) atoms. The van der Waals surface area contributed by atoms with Crippen LogP contribution in [0, 0.1) is 5.92 Å². The molecule has 126 valence electrons. The van der Waals surface area contributed by atoms with E-state index < -0.39 is 0 Å². The average Bonchev–Trinajstić information content (AvgIpc) is 2.90. The molecule has 0 unspecified atom stereocenters. The number of carbonyl (C=O) groups excluding carboxylic acids is 1. The monoisotopic (exact) mass is 328 g/mol. The van der Waals surface area contributed by atoms with E-state index in [-0.39, 0.29) is 5.91 Å². The van der Waals surface area contributed by atoms with E-state index in [1.807, 2.05) is 25.9 Å². The first-order valence-corrected chi connectivity index (χ1v) is 9.31. The number of likely N-dealkylation sites (tertiary alicyclic amines) is 1. The maximum Gasteiger partial charge on any atom is 0.236 e. The number of rotatable bonds is 5. The van der Waals surface area contributed by atoms with Gasteiger partial charge in [-0.15, -0.1) is 11.8 Å². The Morgan fingerprint density at radius 3 is 2.77 bits per heavy atom. The lowest BCUT2D eigenvalue weighted by Crippen LogP contribution is -2.60. The number of nitrogens with zero attached hydrogens (tertiary/aromatic N) is 2. The predicted octanol–water partition coefficient (Wildman–Crippen LogP) is 1.08. The van der Waals surface area contributed by atoms with Gasteiger partial charge in [0.25, 0.3) is 0 Å². The Morgan fingerprint density at radius 1 is 1.36 bits per heavy atom. The number of thioether (sulfide) groups is 1. The second kappa shape index (κ2) is 7.07. The van der Waals surface area contributed by atoms with Gasteiger partial charge in [0.05, 0.1) is 12.6 Å². The first-order valence-electron chi connectivity index (χ1n) is 8.32. The number of ether oxygens (including phenoxy) is 2. The third kappa shape index (κ3) is 3.96. The molecule has 0 aliphatic carbocycles. The Morgan fingerprint density at radius 2 is 2.09 bits per heavy atom. The summed E-state index contributed by atoms with van der Waals surface area (Å²) in [7, 11) is 3.64. The van der Waals surface area contributed by atoms with Crippen molar-refractivity contribution in [3.63, 3.8) is 0 Å². The molecule has 3 aliphatic heterocycles. The van der Waals surface area contributed by atoms with E-state index in [0.29, 0.717) is 23.3 Å². The van der Waals surface area contributed by atoms with E-state index in [0.717, 1.165) is 57.9 Å². The molecule has 3 aliphatic rings. The third-order valence-electron chi connectivity index (χ3n) is 4.96. The van der Waals surface area contributed by atoms with Crippen molar-refractivity contribution < 1.29 is 14.3 Å². The van der Waals surface area contributed by atoms with Crippen molar-refractivity contribution in [3.05, 3.63) is 0 Å². The van der Waals surface area contributed by atoms with E-state index in [1.165, 1.54) is 0 Å². The Kier molecular flexibility index (Phi) is 5.32. The highest BCUT2D eigenvalue weighted by Crippen LogP contribution is 2.46. The summed E-state index contributed by atoms with van der Waals surface area (Å²) in [5.41, 5.74) is 0. The standard InChI is InChI=1S/C16H28N2O3S/c1-17(2)15(19)8-18-11-16(12-18)7-14(10-22-16)21-9-13-3-5-20-6-4-13/h13-14H,3-12H2,1-2H3/t14-/m0/s1. The number of hydrogen-bond acceptors (Lipinski definition) is 5. The average molecular weight is 328 g/mol. The van der Waals surface area contributed by atoms with Crippen LogP contribution in [0.2, 0.25) is 0 Å². The van der Waals surface area contributed by atoms with Gasteiger partial charge in [-0.3, -0.25) is 9.69 Å². The number of likely N-dealkylation sites (N-methyl/N-ethyl adjacent to an activating group) is 1. The summed E-state index contributed by atoms with van der Waals surface area (Å²) in [5, 5.41) is 0. The quantitative estimate of drug-likeness (QED) is 0.755. The topological polar surface area (TPSA) is 42.0 Å². The van der Waals surface area contributed by atoms with Gasteiger partial charge in [-0.1, -0.05) is 0 Å². The summed E-state index contributed by atoms with van der Waals surface area (Å²) in [4.78, 5) is 15.7. The molecule has 1 amide bonds. The zero-order valence-corrected chi connectivity index (χ0v) is 14.6. The molecule has 0 aromatic heterocycles. The molecular weight excluding hydrogens is 300 g/mol. The van der Waals surface area contributed by atoms with Gasteiger partial charge < -0.3 is 14.4 Å². The van der Waals surface area contributed by atoms with Crippen LogP contribution in [0.3, 0.4) is 0 Å².